The Kier molecular flexibility index (Phi) is 11.1. The quantitative estimate of drug-likeness (QED) is 0.111. The van der Waals surface area contributed by atoms with E-state index in [1.54, 1.807) is 0 Å². The van der Waals surface area contributed by atoms with Gasteiger partial charge in [0, 0.05) is 6.92 Å². The van der Waals surface area contributed by atoms with E-state index in [4.69, 9.17) is 23.7 Å². The maximum absolute atomic E-state index is 12.6. The average Bonchev–Trinajstić information content (AvgIpc) is 3.13. The van der Waals surface area contributed by atoms with Crippen molar-refractivity contribution in [1.82, 2.24) is 0 Å². The lowest BCUT2D eigenvalue weighted by Crippen LogP contribution is -2.62. The molecule has 1 N–H and O–H groups in total. The van der Waals surface area contributed by atoms with Crippen LogP contribution in [0.4, 0.5) is 0 Å². The molecule has 7 heteroatoms. The Labute approximate surface area is 281 Å². The van der Waals surface area contributed by atoms with Crippen molar-refractivity contribution in [2.45, 2.75) is 56.4 Å². The summed E-state index contributed by atoms with van der Waals surface area (Å²) in [6, 6.07) is 49.2. The van der Waals surface area contributed by atoms with E-state index in [1.165, 1.54) is 6.92 Å². The SMILES string of the molecule is CC(=O)O[C@H]1[C@H](OCc2ccccc2)[C@@H](OCc2ccccc2)C(O)O[C@@H]1COC(c1ccccc1)(c1ccccc1)c1ccccc1. The largest absolute Gasteiger partial charge is 0.457 e. The third-order valence-electron chi connectivity index (χ3n) is 8.49. The summed E-state index contributed by atoms with van der Waals surface area (Å²) < 4.78 is 32.0. The van der Waals surface area contributed by atoms with Crippen LogP contribution in [0.3, 0.4) is 0 Å². The number of carbonyl (C=O) groups is 1. The van der Waals surface area contributed by atoms with E-state index in [0.717, 1.165) is 27.8 Å². The molecule has 1 saturated heterocycles. The fourth-order valence-corrected chi connectivity index (χ4v) is 6.24. The summed E-state index contributed by atoms with van der Waals surface area (Å²) in [7, 11) is 0. The van der Waals surface area contributed by atoms with Crippen molar-refractivity contribution in [1.29, 1.82) is 0 Å². The first-order valence-corrected chi connectivity index (χ1v) is 16.2. The standard InChI is InChI=1S/C41H40O7/c1-30(42)47-37-36(29-46-41(33-21-11-4-12-22-33,34-23-13-5-14-24-34)35-25-15-6-16-26-35)48-40(43)39(45-28-32-19-9-3-10-20-32)38(37)44-27-31-17-7-2-8-18-31/h2-26,36-40,43H,27-29H2,1H3/t36-,37-,38+,39-,40?/m1/s1. The second-order valence-electron chi connectivity index (χ2n) is 11.8. The maximum atomic E-state index is 12.6. The second kappa shape index (κ2) is 16.0. The van der Waals surface area contributed by atoms with Crippen LogP contribution < -0.4 is 0 Å². The lowest BCUT2D eigenvalue weighted by atomic mass is 9.80. The van der Waals surface area contributed by atoms with Gasteiger partial charge in [0.2, 0.25) is 0 Å². The molecule has 5 atom stereocenters. The number of hydrogen-bond acceptors (Lipinski definition) is 7. The molecule has 6 rings (SSSR count). The smallest absolute Gasteiger partial charge is 0.303 e. The molecule has 5 aromatic carbocycles. The van der Waals surface area contributed by atoms with Crippen LogP contribution in [0.1, 0.15) is 34.7 Å². The molecule has 1 heterocycles. The zero-order valence-corrected chi connectivity index (χ0v) is 26.8. The molecular formula is C41H40O7. The van der Waals surface area contributed by atoms with E-state index < -0.39 is 42.3 Å². The van der Waals surface area contributed by atoms with E-state index in [2.05, 4.69) is 0 Å². The average molecular weight is 645 g/mol. The Morgan fingerprint density at radius 2 is 1.00 bits per heavy atom. The van der Waals surface area contributed by atoms with Crippen LogP contribution in [0.15, 0.2) is 152 Å². The van der Waals surface area contributed by atoms with Crippen LogP contribution in [0.2, 0.25) is 0 Å². The van der Waals surface area contributed by atoms with Crippen LogP contribution in [0.5, 0.6) is 0 Å². The number of hydrogen-bond donors (Lipinski definition) is 1. The monoisotopic (exact) mass is 644 g/mol. The van der Waals surface area contributed by atoms with Crippen molar-refractivity contribution in [3.63, 3.8) is 0 Å². The lowest BCUT2D eigenvalue weighted by Gasteiger charge is -2.45. The predicted molar refractivity (Wildman–Crippen MR) is 182 cm³/mol. The van der Waals surface area contributed by atoms with Gasteiger partial charge in [0.15, 0.2) is 12.4 Å². The van der Waals surface area contributed by atoms with Crippen LogP contribution in [-0.4, -0.2) is 48.4 Å². The summed E-state index contributed by atoms with van der Waals surface area (Å²) in [5.74, 6) is -0.513. The second-order valence-corrected chi connectivity index (χ2v) is 11.8. The minimum atomic E-state index is -1.39. The molecule has 1 fully saturated rings. The number of aliphatic hydroxyl groups excluding tert-OH is 1. The summed E-state index contributed by atoms with van der Waals surface area (Å²) >= 11 is 0. The van der Waals surface area contributed by atoms with Crippen LogP contribution in [-0.2, 0) is 47.3 Å². The number of esters is 1. The third kappa shape index (κ3) is 7.73. The third-order valence-corrected chi connectivity index (χ3v) is 8.49. The van der Waals surface area contributed by atoms with Gasteiger partial charge in [-0.3, -0.25) is 4.79 Å². The van der Waals surface area contributed by atoms with E-state index in [1.807, 2.05) is 152 Å². The molecule has 0 saturated carbocycles. The molecule has 0 radical (unpaired) electrons. The first-order chi connectivity index (χ1) is 23.5. The van der Waals surface area contributed by atoms with Crippen molar-refractivity contribution < 1.29 is 33.6 Å². The lowest BCUT2D eigenvalue weighted by molar-refractivity contribution is -0.313. The number of carbonyl (C=O) groups excluding carboxylic acids is 1. The van der Waals surface area contributed by atoms with Crippen molar-refractivity contribution >= 4 is 5.97 Å². The summed E-state index contributed by atoms with van der Waals surface area (Å²) in [5.41, 5.74) is 3.50. The molecule has 1 unspecified atom stereocenters. The minimum absolute atomic E-state index is 0.0513. The van der Waals surface area contributed by atoms with Crippen molar-refractivity contribution in [3.05, 3.63) is 179 Å². The van der Waals surface area contributed by atoms with Crippen LogP contribution >= 0.6 is 0 Å². The number of rotatable bonds is 13. The molecule has 0 bridgehead atoms. The van der Waals surface area contributed by atoms with E-state index in [9.17, 15) is 9.90 Å². The molecule has 0 spiro atoms. The normalized spacial score (nSPS) is 21.0. The van der Waals surface area contributed by atoms with Crippen LogP contribution in [0.25, 0.3) is 0 Å². The van der Waals surface area contributed by atoms with Gasteiger partial charge in [-0.25, -0.2) is 0 Å². The van der Waals surface area contributed by atoms with Gasteiger partial charge in [-0.1, -0.05) is 152 Å². The molecule has 0 aromatic heterocycles. The molecule has 0 amide bonds. The summed E-state index contributed by atoms with van der Waals surface area (Å²) in [4.78, 5) is 12.6. The van der Waals surface area contributed by atoms with Gasteiger partial charge in [0.05, 0.1) is 19.8 Å². The molecule has 246 valence electrons. The van der Waals surface area contributed by atoms with Gasteiger partial charge in [-0.2, -0.15) is 0 Å². The molecule has 5 aromatic rings. The molecule has 7 nitrogen and oxygen atoms in total. The number of ether oxygens (including phenoxy) is 5. The zero-order chi connectivity index (χ0) is 33.2. The van der Waals surface area contributed by atoms with Gasteiger partial charge in [-0.05, 0) is 27.8 Å². The highest BCUT2D eigenvalue weighted by Gasteiger charge is 2.50. The first-order valence-electron chi connectivity index (χ1n) is 16.2. The molecule has 1 aliphatic heterocycles. The van der Waals surface area contributed by atoms with Crippen molar-refractivity contribution in [2.24, 2.45) is 0 Å². The minimum Gasteiger partial charge on any atom is -0.457 e. The Bertz CT molecular complexity index is 1590. The number of benzene rings is 5. The molecule has 1 aliphatic rings. The Balaban J connectivity index is 1.36. The van der Waals surface area contributed by atoms with E-state index >= 15 is 0 Å². The Morgan fingerprint density at radius 3 is 1.42 bits per heavy atom. The summed E-state index contributed by atoms with van der Waals surface area (Å²) in [6.45, 7) is 1.70. The fraction of sp³-hybridized carbons (Fsp3) is 0.244. The number of aliphatic hydroxyl groups is 1. The summed E-state index contributed by atoms with van der Waals surface area (Å²) in [6.07, 6.45) is -5.10. The fourth-order valence-electron chi connectivity index (χ4n) is 6.24. The molecular weight excluding hydrogens is 604 g/mol. The summed E-state index contributed by atoms with van der Waals surface area (Å²) in [5, 5.41) is 11.5. The predicted octanol–water partition coefficient (Wildman–Crippen LogP) is 6.81. The van der Waals surface area contributed by atoms with Gasteiger partial charge < -0.3 is 28.8 Å². The highest BCUT2D eigenvalue weighted by Crippen LogP contribution is 2.41. The Morgan fingerprint density at radius 1 is 0.604 bits per heavy atom. The van der Waals surface area contributed by atoms with E-state index in [0.29, 0.717) is 0 Å². The molecule has 48 heavy (non-hydrogen) atoms. The zero-order valence-electron chi connectivity index (χ0n) is 26.8. The van der Waals surface area contributed by atoms with Crippen LogP contribution in [0, 0.1) is 0 Å². The van der Waals surface area contributed by atoms with Crippen molar-refractivity contribution in [3.8, 4) is 0 Å². The van der Waals surface area contributed by atoms with Crippen molar-refractivity contribution in [2.75, 3.05) is 6.61 Å². The maximum Gasteiger partial charge on any atom is 0.303 e. The van der Waals surface area contributed by atoms with Gasteiger partial charge in [-0.15, -0.1) is 0 Å². The van der Waals surface area contributed by atoms with Gasteiger partial charge in [0.1, 0.15) is 23.9 Å². The first kappa shape index (κ1) is 33.3. The van der Waals surface area contributed by atoms with E-state index in [-0.39, 0.29) is 19.8 Å². The highest BCUT2D eigenvalue weighted by atomic mass is 16.7. The van der Waals surface area contributed by atoms with Gasteiger partial charge >= 0.3 is 5.97 Å². The highest BCUT2D eigenvalue weighted by molar-refractivity contribution is 5.66. The van der Waals surface area contributed by atoms with Gasteiger partial charge in [0.25, 0.3) is 0 Å². The topological polar surface area (TPSA) is 83.5 Å². The Hall–Kier alpha value is -4.63. The molecule has 0 aliphatic carbocycles.